The Bertz CT molecular complexity index is 151. The van der Waals surface area contributed by atoms with Crippen LogP contribution >= 0.6 is 0 Å². The second-order valence-electron chi connectivity index (χ2n) is 6.07. The molecule has 2 N–H and O–H groups in total. The Morgan fingerprint density at radius 2 is 1.81 bits per heavy atom. The molecule has 0 saturated heterocycles. The molecule has 0 amide bonds. The zero-order valence-corrected chi connectivity index (χ0v) is 11.7. The van der Waals surface area contributed by atoms with Crippen LogP contribution in [0.25, 0.3) is 0 Å². The highest BCUT2D eigenvalue weighted by atomic mass is 16.3. The van der Waals surface area contributed by atoms with Gasteiger partial charge in [-0.15, -0.1) is 0 Å². The third-order valence-electron chi connectivity index (χ3n) is 2.83. The van der Waals surface area contributed by atoms with Gasteiger partial charge in [0.1, 0.15) is 0 Å². The fraction of sp³-hybridized carbons (Fsp3) is 1.00. The summed E-state index contributed by atoms with van der Waals surface area (Å²) in [5.41, 5.74) is 0.385. The van der Waals surface area contributed by atoms with Gasteiger partial charge in [-0.25, -0.2) is 0 Å². The second-order valence-corrected chi connectivity index (χ2v) is 6.07. The van der Waals surface area contributed by atoms with Crippen molar-refractivity contribution in [3.63, 3.8) is 0 Å². The van der Waals surface area contributed by atoms with E-state index in [0.717, 1.165) is 13.1 Å². The van der Waals surface area contributed by atoms with Gasteiger partial charge in [0, 0.05) is 6.61 Å². The molecule has 0 aromatic heterocycles. The molecular formula is C14H31NO. The van der Waals surface area contributed by atoms with E-state index in [1.807, 2.05) is 0 Å². The van der Waals surface area contributed by atoms with Gasteiger partial charge in [-0.1, -0.05) is 40.5 Å². The molecule has 0 heterocycles. The number of nitrogens with one attached hydrogen (secondary N) is 1. The van der Waals surface area contributed by atoms with Crippen molar-refractivity contribution in [3.8, 4) is 0 Å². The summed E-state index contributed by atoms with van der Waals surface area (Å²) in [5, 5.41) is 12.6. The second kappa shape index (κ2) is 9.00. The van der Waals surface area contributed by atoms with Gasteiger partial charge in [-0.3, -0.25) is 0 Å². The molecule has 0 radical (unpaired) electrons. The number of aliphatic hydroxyl groups is 1. The molecule has 0 aromatic rings. The average molecular weight is 229 g/mol. The monoisotopic (exact) mass is 229 g/mol. The highest BCUT2D eigenvalue weighted by Gasteiger charge is 2.09. The minimum Gasteiger partial charge on any atom is -0.396 e. The van der Waals surface area contributed by atoms with E-state index in [1.165, 1.54) is 32.1 Å². The van der Waals surface area contributed by atoms with Crippen molar-refractivity contribution in [2.75, 3.05) is 19.7 Å². The normalized spacial score (nSPS) is 14.1. The lowest BCUT2D eigenvalue weighted by Crippen LogP contribution is -2.27. The zero-order chi connectivity index (χ0) is 12.4. The Morgan fingerprint density at radius 1 is 1.12 bits per heavy atom. The lowest BCUT2D eigenvalue weighted by atomic mass is 9.96. The van der Waals surface area contributed by atoms with Crippen molar-refractivity contribution >= 4 is 0 Å². The van der Waals surface area contributed by atoms with Crippen LogP contribution in [-0.2, 0) is 0 Å². The summed E-state index contributed by atoms with van der Waals surface area (Å²) in [7, 11) is 0. The predicted octanol–water partition coefficient (Wildman–Crippen LogP) is 3.20. The summed E-state index contributed by atoms with van der Waals surface area (Å²) in [6.07, 6.45) is 6.01. The van der Waals surface area contributed by atoms with E-state index in [-0.39, 0.29) is 0 Å². The molecular weight excluding hydrogens is 198 g/mol. The van der Waals surface area contributed by atoms with Gasteiger partial charge in [0.2, 0.25) is 0 Å². The van der Waals surface area contributed by atoms with E-state index >= 15 is 0 Å². The number of rotatable bonds is 9. The summed E-state index contributed by atoms with van der Waals surface area (Å²) in [6.45, 7) is 11.5. The molecule has 98 valence electrons. The Morgan fingerprint density at radius 3 is 2.31 bits per heavy atom. The molecule has 0 aliphatic carbocycles. The molecule has 0 fully saturated rings. The lowest BCUT2D eigenvalue weighted by molar-refractivity contribution is 0.206. The van der Waals surface area contributed by atoms with Gasteiger partial charge >= 0.3 is 0 Å². The topological polar surface area (TPSA) is 32.3 Å². The maximum atomic E-state index is 9.15. The Labute approximate surface area is 102 Å². The van der Waals surface area contributed by atoms with E-state index in [9.17, 15) is 0 Å². The number of hydrogen-bond donors (Lipinski definition) is 2. The highest BCUT2D eigenvalue weighted by molar-refractivity contribution is 4.65. The standard InChI is InChI=1S/C14H31NO/c1-5-8-13(11-16)9-6-7-10-15-12-14(2,3)4/h13,15-16H,5-12H2,1-4H3. The predicted molar refractivity (Wildman–Crippen MR) is 71.7 cm³/mol. The lowest BCUT2D eigenvalue weighted by Gasteiger charge is -2.19. The molecule has 0 bridgehead atoms. The Hall–Kier alpha value is -0.0800. The van der Waals surface area contributed by atoms with Crippen LogP contribution in [0.5, 0.6) is 0 Å². The summed E-state index contributed by atoms with van der Waals surface area (Å²) in [4.78, 5) is 0. The van der Waals surface area contributed by atoms with E-state index in [4.69, 9.17) is 5.11 Å². The van der Waals surface area contributed by atoms with Crippen LogP contribution in [0.2, 0.25) is 0 Å². The Balaban J connectivity index is 3.32. The van der Waals surface area contributed by atoms with Crippen molar-refractivity contribution in [1.29, 1.82) is 0 Å². The summed E-state index contributed by atoms with van der Waals surface area (Å²) >= 11 is 0. The fourth-order valence-corrected chi connectivity index (χ4v) is 1.88. The molecule has 0 saturated carbocycles. The van der Waals surface area contributed by atoms with Gasteiger partial charge in [0.15, 0.2) is 0 Å². The van der Waals surface area contributed by atoms with Crippen molar-refractivity contribution in [2.24, 2.45) is 11.3 Å². The molecule has 0 aliphatic rings. The number of aliphatic hydroxyl groups excluding tert-OH is 1. The number of hydrogen-bond acceptors (Lipinski definition) is 2. The highest BCUT2D eigenvalue weighted by Crippen LogP contribution is 2.14. The van der Waals surface area contributed by atoms with Gasteiger partial charge < -0.3 is 10.4 Å². The first-order valence-electron chi connectivity index (χ1n) is 6.81. The molecule has 0 aromatic carbocycles. The molecule has 1 atom stereocenters. The van der Waals surface area contributed by atoms with Crippen molar-refractivity contribution in [3.05, 3.63) is 0 Å². The minimum absolute atomic E-state index is 0.364. The Kier molecular flexibility index (Phi) is 8.96. The molecule has 2 heteroatoms. The van der Waals surface area contributed by atoms with Gasteiger partial charge in [-0.05, 0) is 43.7 Å². The first-order valence-corrected chi connectivity index (χ1v) is 6.81. The molecule has 0 aliphatic heterocycles. The maximum Gasteiger partial charge on any atom is 0.0459 e. The third-order valence-corrected chi connectivity index (χ3v) is 2.83. The van der Waals surface area contributed by atoms with Gasteiger partial charge in [0.25, 0.3) is 0 Å². The quantitative estimate of drug-likeness (QED) is 0.595. The average Bonchev–Trinajstić information content (AvgIpc) is 2.20. The van der Waals surface area contributed by atoms with Crippen LogP contribution in [0.4, 0.5) is 0 Å². The van der Waals surface area contributed by atoms with Gasteiger partial charge in [-0.2, -0.15) is 0 Å². The van der Waals surface area contributed by atoms with Crippen LogP contribution in [0.15, 0.2) is 0 Å². The minimum atomic E-state index is 0.364. The van der Waals surface area contributed by atoms with Crippen LogP contribution in [-0.4, -0.2) is 24.8 Å². The first kappa shape index (κ1) is 15.9. The van der Waals surface area contributed by atoms with Crippen LogP contribution < -0.4 is 5.32 Å². The third kappa shape index (κ3) is 10.4. The fourth-order valence-electron chi connectivity index (χ4n) is 1.88. The van der Waals surface area contributed by atoms with Gasteiger partial charge in [0.05, 0.1) is 0 Å². The van der Waals surface area contributed by atoms with Crippen molar-refractivity contribution < 1.29 is 5.11 Å². The molecule has 16 heavy (non-hydrogen) atoms. The van der Waals surface area contributed by atoms with Crippen LogP contribution in [0.1, 0.15) is 59.8 Å². The van der Waals surface area contributed by atoms with Crippen LogP contribution in [0.3, 0.4) is 0 Å². The van der Waals surface area contributed by atoms with E-state index < -0.39 is 0 Å². The largest absolute Gasteiger partial charge is 0.396 e. The number of unbranched alkanes of at least 4 members (excludes halogenated alkanes) is 1. The van der Waals surface area contributed by atoms with Crippen molar-refractivity contribution in [2.45, 2.75) is 59.8 Å². The smallest absolute Gasteiger partial charge is 0.0459 e. The van der Waals surface area contributed by atoms with Crippen LogP contribution in [0, 0.1) is 11.3 Å². The SMILES string of the molecule is CCCC(CO)CCCCNCC(C)(C)C. The van der Waals surface area contributed by atoms with E-state index in [0.29, 0.717) is 17.9 Å². The van der Waals surface area contributed by atoms with Crippen molar-refractivity contribution in [1.82, 2.24) is 5.32 Å². The summed E-state index contributed by atoms with van der Waals surface area (Å²) in [6, 6.07) is 0. The van der Waals surface area contributed by atoms with E-state index in [1.54, 1.807) is 0 Å². The molecule has 2 nitrogen and oxygen atoms in total. The molecule has 0 spiro atoms. The molecule has 0 rings (SSSR count). The zero-order valence-electron chi connectivity index (χ0n) is 11.7. The first-order chi connectivity index (χ1) is 7.49. The molecule has 1 unspecified atom stereocenters. The van der Waals surface area contributed by atoms with E-state index in [2.05, 4.69) is 33.0 Å². The maximum absolute atomic E-state index is 9.15. The summed E-state index contributed by atoms with van der Waals surface area (Å²) < 4.78 is 0. The summed E-state index contributed by atoms with van der Waals surface area (Å²) in [5.74, 6) is 0.535.